The van der Waals surface area contributed by atoms with E-state index in [4.69, 9.17) is 0 Å². The fourth-order valence-electron chi connectivity index (χ4n) is 2.66. The van der Waals surface area contributed by atoms with Crippen LogP contribution in [0.3, 0.4) is 0 Å². The van der Waals surface area contributed by atoms with Gasteiger partial charge in [-0.25, -0.2) is 5.43 Å². The predicted octanol–water partition coefficient (Wildman–Crippen LogP) is 4.28. The summed E-state index contributed by atoms with van der Waals surface area (Å²) in [5.74, 6) is 0.852. The fourth-order valence-corrected chi connectivity index (χ4v) is 2.66. The van der Waals surface area contributed by atoms with Crippen LogP contribution in [0.2, 0.25) is 0 Å². The van der Waals surface area contributed by atoms with Gasteiger partial charge >= 0.3 is 0 Å². The first kappa shape index (κ1) is 16.2. The van der Waals surface area contributed by atoms with Crippen molar-refractivity contribution >= 4 is 11.6 Å². The number of carbonyl (C=O) groups is 1. The summed E-state index contributed by atoms with van der Waals surface area (Å²) in [5.41, 5.74) is 4.28. The van der Waals surface area contributed by atoms with Crippen LogP contribution < -0.4 is 5.43 Å². The molecule has 1 amide bonds. The maximum atomic E-state index is 11.6. The van der Waals surface area contributed by atoms with Crippen molar-refractivity contribution < 1.29 is 4.79 Å². The lowest BCUT2D eigenvalue weighted by atomic mass is 9.72. The molecule has 0 heterocycles. The van der Waals surface area contributed by atoms with Gasteiger partial charge in [-0.15, -0.1) is 0 Å². The van der Waals surface area contributed by atoms with Crippen molar-refractivity contribution in [2.45, 2.75) is 79.1 Å². The Bertz CT molecular complexity index is 305. The van der Waals surface area contributed by atoms with Crippen LogP contribution in [-0.2, 0) is 4.79 Å². The van der Waals surface area contributed by atoms with Gasteiger partial charge in [0.15, 0.2) is 0 Å². The number of rotatable bonds is 5. The van der Waals surface area contributed by atoms with Crippen LogP contribution in [0.5, 0.6) is 0 Å². The first-order valence-corrected chi connectivity index (χ1v) is 7.77. The number of nitrogens with one attached hydrogen (secondary N) is 1. The predicted molar refractivity (Wildman–Crippen MR) is 81.1 cm³/mol. The first-order chi connectivity index (χ1) is 8.93. The molecule has 110 valence electrons. The van der Waals surface area contributed by atoms with Crippen molar-refractivity contribution in [3.63, 3.8) is 0 Å². The highest BCUT2D eigenvalue weighted by Crippen LogP contribution is 2.36. The molecule has 0 aromatic heterocycles. The second-order valence-electron chi connectivity index (χ2n) is 6.81. The Kier molecular flexibility index (Phi) is 6.53. The maximum absolute atomic E-state index is 11.6. The molecule has 1 fully saturated rings. The van der Waals surface area contributed by atoms with Crippen LogP contribution in [0.1, 0.15) is 79.1 Å². The van der Waals surface area contributed by atoms with E-state index >= 15 is 0 Å². The number of amides is 1. The quantitative estimate of drug-likeness (QED) is 0.586. The lowest BCUT2D eigenvalue weighted by Gasteiger charge is -2.34. The molecule has 0 saturated heterocycles. The number of nitrogens with zero attached hydrogens (tertiary/aromatic N) is 1. The minimum atomic E-state index is 0.0684. The molecule has 1 aliphatic rings. The standard InChI is InChI=1S/C16H30N2O/c1-5-6-7-8-15(19)18-17-14-11-9-13(10-12-14)16(2,3)4/h13H,5-12H2,1-4H3,(H,18,19). The van der Waals surface area contributed by atoms with E-state index in [1.54, 1.807) is 0 Å². The first-order valence-electron chi connectivity index (χ1n) is 7.77. The van der Waals surface area contributed by atoms with Crippen molar-refractivity contribution in [2.24, 2.45) is 16.4 Å². The molecule has 0 unspecified atom stereocenters. The zero-order chi connectivity index (χ0) is 14.3. The van der Waals surface area contributed by atoms with Crippen LogP contribution in [0, 0.1) is 11.3 Å². The van der Waals surface area contributed by atoms with Crippen LogP contribution >= 0.6 is 0 Å². The van der Waals surface area contributed by atoms with Crippen LogP contribution in [0.25, 0.3) is 0 Å². The minimum Gasteiger partial charge on any atom is -0.273 e. The SMILES string of the molecule is CCCCCC(=O)NN=C1CCC(C(C)(C)C)CC1. The van der Waals surface area contributed by atoms with Gasteiger partial charge in [-0.2, -0.15) is 5.10 Å². The van der Waals surface area contributed by atoms with E-state index in [0.717, 1.165) is 38.0 Å². The van der Waals surface area contributed by atoms with Crippen molar-refractivity contribution in [3.05, 3.63) is 0 Å². The summed E-state index contributed by atoms with van der Waals surface area (Å²) >= 11 is 0. The van der Waals surface area contributed by atoms with Crippen molar-refractivity contribution in [1.82, 2.24) is 5.43 Å². The molecular weight excluding hydrogens is 236 g/mol. The van der Waals surface area contributed by atoms with Gasteiger partial charge in [0.25, 0.3) is 0 Å². The van der Waals surface area contributed by atoms with Crippen molar-refractivity contribution in [3.8, 4) is 0 Å². The molecule has 19 heavy (non-hydrogen) atoms. The van der Waals surface area contributed by atoms with Crippen LogP contribution in [-0.4, -0.2) is 11.6 Å². The molecule has 3 heteroatoms. The molecule has 1 saturated carbocycles. The third-order valence-corrected chi connectivity index (χ3v) is 4.13. The van der Waals surface area contributed by atoms with Gasteiger partial charge < -0.3 is 0 Å². The van der Waals surface area contributed by atoms with E-state index in [1.807, 2.05) is 0 Å². The van der Waals surface area contributed by atoms with E-state index in [-0.39, 0.29) is 5.91 Å². The Morgan fingerprint density at radius 1 is 1.26 bits per heavy atom. The molecule has 0 aromatic carbocycles. The minimum absolute atomic E-state index is 0.0684. The van der Waals surface area contributed by atoms with Gasteiger partial charge in [0.1, 0.15) is 0 Å². The summed E-state index contributed by atoms with van der Waals surface area (Å²) in [7, 11) is 0. The lowest BCUT2D eigenvalue weighted by Crippen LogP contribution is -2.27. The smallest absolute Gasteiger partial charge is 0.240 e. The van der Waals surface area contributed by atoms with Gasteiger partial charge in [-0.3, -0.25) is 4.79 Å². The maximum Gasteiger partial charge on any atom is 0.240 e. The molecule has 0 radical (unpaired) electrons. The largest absolute Gasteiger partial charge is 0.273 e. The Labute approximate surface area is 118 Å². The zero-order valence-electron chi connectivity index (χ0n) is 13.1. The highest BCUT2D eigenvalue weighted by Gasteiger charge is 2.28. The third kappa shape index (κ3) is 6.22. The Morgan fingerprint density at radius 3 is 2.42 bits per heavy atom. The summed E-state index contributed by atoms with van der Waals surface area (Å²) in [6.07, 6.45) is 8.33. The second kappa shape index (κ2) is 7.66. The molecule has 0 aliphatic heterocycles. The van der Waals surface area contributed by atoms with E-state index in [0.29, 0.717) is 11.8 Å². The summed E-state index contributed by atoms with van der Waals surface area (Å²) in [5, 5.41) is 4.30. The van der Waals surface area contributed by atoms with Gasteiger partial charge in [0, 0.05) is 12.1 Å². The highest BCUT2D eigenvalue weighted by molar-refractivity contribution is 5.86. The topological polar surface area (TPSA) is 41.5 Å². The number of carbonyl (C=O) groups excluding carboxylic acids is 1. The molecular formula is C16H30N2O. The summed E-state index contributed by atoms with van der Waals surface area (Å²) in [6, 6.07) is 0. The second-order valence-corrected chi connectivity index (χ2v) is 6.81. The van der Waals surface area contributed by atoms with Gasteiger partial charge in [0.2, 0.25) is 5.91 Å². The summed E-state index contributed by atoms with van der Waals surface area (Å²) in [6.45, 7) is 9.09. The monoisotopic (exact) mass is 266 g/mol. The van der Waals surface area contributed by atoms with Crippen molar-refractivity contribution in [1.29, 1.82) is 0 Å². The molecule has 0 bridgehead atoms. The van der Waals surface area contributed by atoms with E-state index in [2.05, 4.69) is 38.2 Å². The van der Waals surface area contributed by atoms with E-state index < -0.39 is 0 Å². The average Bonchev–Trinajstić information content (AvgIpc) is 2.36. The molecule has 0 spiro atoms. The van der Waals surface area contributed by atoms with Crippen molar-refractivity contribution in [2.75, 3.05) is 0 Å². The lowest BCUT2D eigenvalue weighted by molar-refractivity contribution is -0.121. The van der Waals surface area contributed by atoms with Crippen LogP contribution in [0.15, 0.2) is 5.10 Å². The fraction of sp³-hybridized carbons (Fsp3) is 0.875. The Hall–Kier alpha value is -0.860. The van der Waals surface area contributed by atoms with Gasteiger partial charge in [-0.05, 0) is 43.4 Å². The zero-order valence-corrected chi connectivity index (χ0v) is 13.1. The molecule has 0 aromatic rings. The number of hydrogen-bond donors (Lipinski definition) is 1. The Morgan fingerprint density at radius 2 is 1.89 bits per heavy atom. The molecule has 1 rings (SSSR count). The number of hydrazone groups is 1. The van der Waals surface area contributed by atoms with Gasteiger partial charge in [-0.1, -0.05) is 40.5 Å². The van der Waals surface area contributed by atoms with Gasteiger partial charge in [0.05, 0.1) is 0 Å². The highest BCUT2D eigenvalue weighted by atomic mass is 16.2. The third-order valence-electron chi connectivity index (χ3n) is 4.13. The average molecular weight is 266 g/mol. The normalized spacial score (nSPS) is 20.2. The molecule has 1 aliphatic carbocycles. The number of unbranched alkanes of at least 4 members (excludes halogenated alkanes) is 2. The Balaban J connectivity index is 2.27. The summed E-state index contributed by atoms with van der Waals surface area (Å²) < 4.78 is 0. The summed E-state index contributed by atoms with van der Waals surface area (Å²) in [4.78, 5) is 11.6. The van der Waals surface area contributed by atoms with E-state index in [9.17, 15) is 4.79 Å². The molecule has 1 N–H and O–H groups in total. The van der Waals surface area contributed by atoms with Crippen LogP contribution in [0.4, 0.5) is 0 Å². The number of hydrogen-bond acceptors (Lipinski definition) is 2. The molecule has 3 nitrogen and oxygen atoms in total. The van der Waals surface area contributed by atoms with E-state index in [1.165, 1.54) is 18.6 Å². The molecule has 0 atom stereocenters.